The molecule has 0 unspecified atom stereocenters. The summed E-state index contributed by atoms with van der Waals surface area (Å²) in [7, 11) is 1.74. The lowest BCUT2D eigenvalue weighted by Crippen LogP contribution is -2.33. The van der Waals surface area contributed by atoms with Crippen LogP contribution in [0.4, 0.5) is 5.95 Å². The maximum Gasteiger partial charge on any atom is 0.251 e. The Morgan fingerprint density at radius 2 is 1.93 bits per heavy atom. The number of benzene rings is 1. The molecule has 0 aliphatic carbocycles. The van der Waals surface area contributed by atoms with Crippen LogP contribution in [0.5, 0.6) is 5.75 Å². The van der Waals surface area contributed by atoms with Crippen LogP contribution in [0, 0.1) is 0 Å². The maximum atomic E-state index is 12.2. The Hall–Kier alpha value is -2.65. The smallest absolute Gasteiger partial charge is 0.251 e. The number of piperidine rings is 1. The molecule has 0 radical (unpaired) electrons. The van der Waals surface area contributed by atoms with Crippen molar-refractivity contribution in [2.75, 3.05) is 31.6 Å². The number of aromatic nitrogens is 3. The second kappa shape index (κ2) is 10.8. The van der Waals surface area contributed by atoms with Crippen LogP contribution in [0.3, 0.4) is 0 Å². The number of nitrogens with zero attached hydrogens (tertiary/aromatic N) is 3. The lowest BCUT2D eigenvalue weighted by Gasteiger charge is -2.19. The van der Waals surface area contributed by atoms with Crippen LogP contribution >= 0.6 is 12.4 Å². The molecule has 158 valence electrons. The molecule has 10 heteroatoms. The van der Waals surface area contributed by atoms with Gasteiger partial charge in [-0.1, -0.05) is 0 Å². The third-order valence-electron chi connectivity index (χ3n) is 4.57. The summed E-state index contributed by atoms with van der Waals surface area (Å²) in [5.41, 5.74) is 0.461. The number of carbonyl (C=O) groups excluding carboxylic acids is 2. The van der Waals surface area contributed by atoms with E-state index >= 15 is 0 Å². The molecule has 1 aliphatic heterocycles. The summed E-state index contributed by atoms with van der Waals surface area (Å²) in [4.78, 5) is 28.8. The predicted octanol–water partition coefficient (Wildman–Crippen LogP) is 1.47. The number of hydrogen-bond donors (Lipinski definition) is 3. The molecule has 1 aromatic carbocycles. The molecule has 2 amide bonds. The summed E-state index contributed by atoms with van der Waals surface area (Å²) in [6.45, 7) is 4.20. The van der Waals surface area contributed by atoms with Crippen LogP contribution in [-0.2, 0) is 11.8 Å². The van der Waals surface area contributed by atoms with Crippen molar-refractivity contribution in [3.8, 4) is 5.75 Å². The van der Waals surface area contributed by atoms with Crippen molar-refractivity contribution in [1.29, 1.82) is 0 Å². The number of ether oxygens (including phenoxy) is 1. The molecule has 1 aliphatic rings. The van der Waals surface area contributed by atoms with Crippen LogP contribution in [0.25, 0.3) is 0 Å². The van der Waals surface area contributed by atoms with Gasteiger partial charge in [0.2, 0.25) is 11.9 Å². The average Bonchev–Trinajstić information content (AvgIpc) is 3.08. The van der Waals surface area contributed by atoms with Crippen molar-refractivity contribution in [3.05, 3.63) is 35.7 Å². The van der Waals surface area contributed by atoms with Gasteiger partial charge in [0.15, 0.2) is 5.82 Å². The minimum Gasteiger partial charge on any atom is -0.494 e. The zero-order valence-corrected chi connectivity index (χ0v) is 17.4. The van der Waals surface area contributed by atoms with E-state index in [2.05, 4.69) is 26.0 Å². The van der Waals surface area contributed by atoms with Crippen LogP contribution in [0.1, 0.15) is 41.9 Å². The molecule has 3 N–H and O–H groups in total. The summed E-state index contributed by atoms with van der Waals surface area (Å²) < 4.78 is 6.91. The molecule has 0 saturated carbocycles. The quantitative estimate of drug-likeness (QED) is 0.623. The second-order valence-corrected chi connectivity index (χ2v) is 6.63. The molecule has 9 nitrogen and oxygen atoms in total. The molecule has 0 bridgehead atoms. The molecule has 1 aromatic heterocycles. The van der Waals surface area contributed by atoms with E-state index in [1.807, 2.05) is 6.92 Å². The zero-order valence-electron chi connectivity index (χ0n) is 16.6. The van der Waals surface area contributed by atoms with Gasteiger partial charge in [-0.25, -0.2) is 4.68 Å². The van der Waals surface area contributed by atoms with Gasteiger partial charge < -0.3 is 15.4 Å². The van der Waals surface area contributed by atoms with Gasteiger partial charge in [0, 0.05) is 18.5 Å². The highest BCUT2D eigenvalue weighted by Crippen LogP contribution is 2.23. The summed E-state index contributed by atoms with van der Waals surface area (Å²) in [6, 6.07) is 6.76. The third kappa shape index (κ3) is 6.16. The van der Waals surface area contributed by atoms with E-state index < -0.39 is 0 Å². The fourth-order valence-electron chi connectivity index (χ4n) is 3.07. The van der Waals surface area contributed by atoms with E-state index in [-0.39, 0.29) is 30.8 Å². The van der Waals surface area contributed by atoms with Gasteiger partial charge >= 0.3 is 0 Å². The predicted molar refractivity (Wildman–Crippen MR) is 112 cm³/mol. The fraction of sp³-hybridized carbons (Fsp3) is 0.474. The van der Waals surface area contributed by atoms with E-state index in [0.29, 0.717) is 29.8 Å². The van der Waals surface area contributed by atoms with Crippen LogP contribution < -0.4 is 20.7 Å². The van der Waals surface area contributed by atoms with Crippen LogP contribution in [0.15, 0.2) is 24.3 Å². The van der Waals surface area contributed by atoms with Gasteiger partial charge in [-0.2, -0.15) is 10.1 Å². The van der Waals surface area contributed by atoms with Crippen molar-refractivity contribution in [2.24, 2.45) is 7.05 Å². The molecule has 2 heterocycles. The number of hydrogen-bond acceptors (Lipinski definition) is 6. The molecule has 0 atom stereocenters. The van der Waals surface area contributed by atoms with E-state index in [1.54, 1.807) is 36.0 Å². The fourth-order valence-corrected chi connectivity index (χ4v) is 3.07. The molecule has 29 heavy (non-hydrogen) atoms. The van der Waals surface area contributed by atoms with Crippen LogP contribution in [-0.4, -0.2) is 52.8 Å². The minimum atomic E-state index is -0.355. The SMILES string of the molecule is CCOc1ccc(C(=O)NCC(=O)Nc2nc(C3CCNCC3)nn2C)cc1.Cl. The first-order valence-corrected chi connectivity index (χ1v) is 9.49. The van der Waals surface area contributed by atoms with Gasteiger partial charge in [-0.3, -0.25) is 14.9 Å². The van der Waals surface area contributed by atoms with Gasteiger partial charge in [-0.05, 0) is 57.1 Å². The maximum absolute atomic E-state index is 12.2. The summed E-state index contributed by atoms with van der Waals surface area (Å²) in [6.07, 6.45) is 1.96. The lowest BCUT2D eigenvalue weighted by molar-refractivity contribution is -0.115. The zero-order chi connectivity index (χ0) is 19.9. The normalized spacial score (nSPS) is 14.0. The van der Waals surface area contributed by atoms with E-state index in [0.717, 1.165) is 31.8 Å². The Morgan fingerprint density at radius 3 is 2.59 bits per heavy atom. The van der Waals surface area contributed by atoms with Crippen molar-refractivity contribution in [2.45, 2.75) is 25.7 Å². The molecule has 0 spiro atoms. The van der Waals surface area contributed by atoms with E-state index in [4.69, 9.17) is 4.74 Å². The van der Waals surface area contributed by atoms with E-state index in [1.165, 1.54) is 0 Å². The number of carbonyl (C=O) groups is 2. The highest BCUT2D eigenvalue weighted by molar-refractivity contribution is 5.98. The van der Waals surface area contributed by atoms with Gasteiger partial charge in [0.1, 0.15) is 5.75 Å². The minimum absolute atomic E-state index is 0. The molecular formula is C19H27ClN6O3. The molecular weight excluding hydrogens is 396 g/mol. The average molecular weight is 423 g/mol. The molecule has 2 aromatic rings. The number of halogens is 1. The topological polar surface area (TPSA) is 110 Å². The molecule has 3 rings (SSSR count). The number of rotatable bonds is 7. The summed E-state index contributed by atoms with van der Waals surface area (Å²) >= 11 is 0. The second-order valence-electron chi connectivity index (χ2n) is 6.63. The highest BCUT2D eigenvalue weighted by atomic mass is 35.5. The Bertz CT molecular complexity index is 818. The lowest BCUT2D eigenvalue weighted by atomic mass is 9.98. The highest BCUT2D eigenvalue weighted by Gasteiger charge is 2.21. The molecule has 1 fully saturated rings. The van der Waals surface area contributed by atoms with E-state index in [9.17, 15) is 9.59 Å². The monoisotopic (exact) mass is 422 g/mol. The Balaban J connectivity index is 0.00000300. The van der Waals surface area contributed by atoms with Gasteiger partial charge in [0.25, 0.3) is 5.91 Å². The number of nitrogens with one attached hydrogen (secondary N) is 3. The number of anilines is 1. The Kier molecular flexibility index (Phi) is 8.41. The van der Waals surface area contributed by atoms with Crippen molar-refractivity contribution in [1.82, 2.24) is 25.4 Å². The standard InChI is InChI=1S/C19H26N6O3.ClH/c1-3-28-15-6-4-14(5-7-15)18(27)21-12-16(26)22-19-23-17(24-25(19)2)13-8-10-20-11-9-13;/h4-7,13,20H,3,8-12H2,1-2H3,(H,21,27)(H,22,23,24,26);1H. The van der Waals surface area contributed by atoms with Gasteiger partial charge in [-0.15, -0.1) is 12.4 Å². The first-order valence-electron chi connectivity index (χ1n) is 9.49. The first-order chi connectivity index (χ1) is 13.6. The van der Waals surface area contributed by atoms with Crippen molar-refractivity contribution >= 4 is 30.2 Å². The van der Waals surface area contributed by atoms with Crippen LogP contribution in [0.2, 0.25) is 0 Å². The first kappa shape index (κ1) is 22.6. The number of amides is 2. The number of aryl methyl sites for hydroxylation is 1. The summed E-state index contributed by atoms with van der Waals surface area (Å²) in [5.74, 6) is 1.45. The Morgan fingerprint density at radius 1 is 1.24 bits per heavy atom. The van der Waals surface area contributed by atoms with Crippen molar-refractivity contribution < 1.29 is 14.3 Å². The Labute approximate surface area is 176 Å². The van der Waals surface area contributed by atoms with Gasteiger partial charge in [0.05, 0.1) is 13.2 Å². The van der Waals surface area contributed by atoms with Crippen molar-refractivity contribution in [3.63, 3.8) is 0 Å². The molecule has 1 saturated heterocycles. The third-order valence-corrected chi connectivity index (χ3v) is 4.57. The summed E-state index contributed by atoms with van der Waals surface area (Å²) in [5, 5.41) is 13.0. The largest absolute Gasteiger partial charge is 0.494 e.